The number of piperidine rings is 2. The fourth-order valence-corrected chi connectivity index (χ4v) is 6.34. The molecule has 0 aromatic rings. The molecule has 0 aromatic heterocycles. The molecule has 2 heterocycles. The van der Waals surface area contributed by atoms with Gasteiger partial charge in [-0.15, -0.1) is 0 Å². The molecule has 2 rings (SSSR count). The molecule has 2 saturated heterocycles. The van der Waals surface area contributed by atoms with Gasteiger partial charge in [-0.2, -0.15) is 0 Å². The summed E-state index contributed by atoms with van der Waals surface area (Å²) in [6, 6.07) is 1.17. The van der Waals surface area contributed by atoms with Gasteiger partial charge >= 0.3 is 0 Å². The SMILES string of the molecule is C[C@@H](/C=C/C(=O)NC1CC(C)(C)[NH2+]C(C)(C)C1)[NH2+]C1CC(C)(C)[NH2+]C(C)(C)C1. The van der Waals surface area contributed by atoms with Crippen LogP contribution in [0.4, 0.5) is 0 Å². The second-order valence-corrected chi connectivity index (χ2v) is 12.4. The monoisotopic (exact) mass is 395 g/mol. The smallest absolute Gasteiger partial charge is 0.244 e. The minimum absolute atomic E-state index is 0.0522. The van der Waals surface area contributed by atoms with E-state index in [1.807, 2.05) is 0 Å². The van der Waals surface area contributed by atoms with Gasteiger partial charge in [0.25, 0.3) is 0 Å². The van der Waals surface area contributed by atoms with Crippen molar-refractivity contribution >= 4 is 5.91 Å². The Labute approximate surface area is 172 Å². The Morgan fingerprint density at radius 2 is 1.32 bits per heavy atom. The highest BCUT2D eigenvalue weighted by atomic mass is 16.1. The number of rotatable bonds is 5. The minimum Gasteiger partial charge on any atom is -0.349 e. The van der Waals surface area contributed by atoms with Crippen molar-refractivity contribution in [1.82, 2.24) is 5.32 Å². The highest BCUT2D eigenvalue weighted by molar-refractivity contribution is 5.87. The van der Waals surface area contributed by atoms with Crippen molar-refractivity contribution in [2.75, 3.05) is 0 Å². The molecule has 5 nitrogen and oxygen atoms in total. The molecule has 5 heteroatoms. The van der Waals surface area contributed by atoms with E-state index in [2.05, 4.69) is 89.7 Å². The van der Waals surface area contributed by atoms with E-state index in [1.165, 1.54) is 12.8 Å². The van der Waals surface area contributed by atoms with Gasteiger partial charge in [0, 0.05) is 25.0 Å². The van der Waals surface area contributed by atoms with Crippen LogP contribution >= 0.6 is 0 Å². The van der Waals surface area contributed by atoms with Crippen molar-refractivity contribution in [2.45, 2.75) is 128 Å². The number of amides is 1. The second kappa shape index (κ2) is 8.08. The summed E-state index contributed by atoms with van der Waals surface area (Å²) in [5.74, 6) is 0.0522. The predicted molar refractivity (Wildman–Crippen MR) is 115 cm³/mol. The summed E-state index contributed by atoms with van der Waals surface area (Å²) in [6.07, 6.45) is 8.25. The zero-order chi connectivity index (χ0) is 21.4. The van der Waals surface area contributed by atoms with Crippen LogP contribution in [0.1, 0.15) is 88.0 Å². The van der Waals surface area contributed by atoms with Gasteiger partial charge < -0.3 is 21.3 Å². The van der Waals surface area contributed by atoms with Crippen LogP contribution in [-0.2, 0) is 4.79 Å². The van der Waals surface area contributed by atoms with Gasteiger partial charge in [0.05, 0.1) is 41.0 Å². The second-order valence-electron chi connectivity index (χ2n) is 12.4. The summed E-state index contributed by atoms with van der Waals surface area (Å²) < 4.78 is 0. The van der Waals surface area contributed by atoms with Crippen LogP contribution in [0.2, 0.25) is 0 Å². The highest BCUT2D eigenvalue weighted by Gasteiger charge is 2.44. The topological polar surface area (TPSA) is 78.9 Å². The molecule has 7 N–H and O–H groups in total. The van der Waals surface area contributed by atoms with Gasteiger partial charge in [-0.3, -0.25) is 4.79 Å². The molecule has 0 aromatic carbocycles. The molecular weight excluding hydrogens is 348 g/mol. The molecule has 0 saturated carbocycles. The summed E-state index contributed by atoms with van der Waals surface area (Å²) in [5.41, 5.74) is 0.896. The number of hydrogen-bond acceptors (Lipinski definition) is 1. The van der Waals surface area contributed by atoms with Crippen LogP contribution in [0.15, 0.2) is 12.2 Å². The van der Waals surface area contributed by atoms with Gasteiger partial charge in [-0.1, -0.05) is 0 Å². The van der Waals surface area contributed by atoms with Gasteiger partial charge in [0.2, 0.25) is 5.91 Å². The van der Waals surface area contributed by atoms with Crippen LogP contribution in [0.3, 0.4) is 0 Å². The lowest BCUT2D eigenvalue weighted by Gasteiger charge is -2.43. The molecule has 0 aliphatic carbocycles. The number of hydrogen-bond donors (Lipinski definition) is 4. The van der Waals surface area contributed by atoms with Gasteiger partial charge in [0.1, 0.15) is 6.04 Å². The maximum Gasteiger partial charge on any atom is 0.244 e. The third-order valence-corrected chi connectivity index (χ3v) is 6.16. The number of quaternary nitrogens is 3. The molecule has 162 valence electrons. The third-order valence-electron chi connectivity index (χ3n) is 6.16. The van der Waals surface area contributed by atoms with Crippen molar-refractivity contribution in [2.24, 2.45) is 0 Å². The average molecular weight is 396 g/mol. The predicted octanol–water partition coefficient (Wildman–Crippen LogP) is 0.177. The number of carbonyl (C=O) groups is 1. The van der Waals surface area contributed by atoms with E-state index >= 15 is 0 Å². The first-order valence-electron chi connectivity index (χ1n) is 11.1. The maximum atomic E-state index is 12.5. The summed E-state index contributed by atoms with van der Waals surface area (Å²) in [4.78, 5) is 12.5. The Balaban J connectivity index is 1.86. The van der Waals surface area contributed by atoms with Crippen LogP contribution in [0, 0.1) is 0 Å². The van der Waals surface area contributed by atoms with E-state index in [4.69, 9.17) is 0 Å². The maximum absolute atomic E-state index is 12.5. The molecular formula is C23H47N4O+3. The Morgan fingerprint density at radius 3 is 1.79 bits per heavy atom. The quantitative estimate of drug-likeness (QED) is 0.492. The lowest BCUT2D eigenvalue weighted by molar-refractivity contribution is -0.817. The van der Waals surface area contributed by atoms with Crippen LogP contribution in [0.25, 0.3) is 0 Å². The molecule has 2 aliphatic rings. The molecule has 0 bridgehead atoms. The van der Waals surface area contributed by atoms with E-state index in [1.54, 1.807) is 6.08 Å². The van der Waals surface area contributed by atoms with E-state index in [-0.39, 0.29) is 34.1 Å². The van der Waals surface area contributed by atoms with E-state index < -0.39 is 0 Å². The Hall–Kier alpha value is -0.910. The molecule has 28 heavy (non-hydrogen) atoms. The molecule has 0 unspecified atom stereocenters. The van der Waals surface area contributed by atoms with Crippen molar-refractivity contribution < 1.29 is 20.7 Å². The lowest BCUT2D eigenvalue weighted by atomic mass is 9.79. The molecule has 1 amide bonds. The first kappa shape index (κ1) is 23.4. The number of carbonyl (C=O) groups excluding carboxylic acids is 1. The fraction of sp³-hybridized carbons (Fsp3) is 0.870. The van der Waals surface area contributed by atoms with E-state index in [0.29, 0.717) is 12.1 Å². The largest absolute Gasteiger partial charge is 0.349 e. The van der Waals surface area contributed by atoms with Crippen LogP contribution < -0.4 is 21.3 Å². The molecule has 0 spiro atoms. The van der Waals surface area contributed by atoms with Crippen molar-refractivity contribution in [3.63, 3.8) is 0 Å². The molecule has 0 radical (unpaired) electrons. The third kappa shape index (κ3) is 7.49. The van der Waals surface area contributed by atoms with Gasteiger partial charge in [-0.25, -0.2) is 0 Å². The van der Waals surface area contributed by atoms with Gasteiger partial charge in [0.15, 0.2) is 0 Å². The van der Waals surface area contributed by atoms with Gasteiger partial charge in [-0.05, 0) is 68.4 Å². The minimum atomic E-state index is 0.0522. The zero-order valence-corrected chi connectivity index (χ0v) is 19.9. The molecule has 2 fully saturated rings. The summed E-state index contributed by atoms with van der Waals surface area (Å²) >= 11 is 0. The van der Waals surface area contributed by atoms with E-state index in [0.717, 1.165) is 12.8 Å². The Bertz CT molecular complexity index is 559. The van der Waals surface area contributed by atoms with Crippen molar-refractivity contribution in [3.8, 4) is 0 Å². The summed E-state index contributed by atoms with van der Waals surface area (Å²) in [7, 11) is 0. The first-order chi connectivity index (χ1) is 12.6. The van der Waals surface area contributed by atoms with Crippen LogP contribution in [0.5, 0.6) is 0 Å². The number of nitrogens with one attached hydrogen (secondary N) is 1. The Kier molecular flexibility index (Phi) is 6.74. The Morgan fingerprint density at radius 1 is 0.893 bits per heavy atom. The number of nitrogens with two attached hydrogens (primary N) is 3. The highest BCUT2D eigenvalue weighted by Crippen LogP contribution is 2.22. The molecule has 1 atom stereocenters. The van der Waals surface area contributed by atoms with E-state index in [9.17, 15) is 4.79 Å². The van der Waals surface area contributed by atoms with Crippen molar-refractivity contribution in [3.05, 3.63) is 12.2 Å². The zero-order valence-electron chi connectivity index (χ0n) is 19.9. The summed E-state index contributed by atoms with van der Waals surface area (Å²) in [5, 5.41) is 10.7. The first-order valence-corrected chi connectivity index (χ1v) is 11.1. The fourth-order valence-electron chi connectivity index (χ4n) is 6.34. The average Bonchev–Trinajstić information content (AvgIpc) is 2.37. The van der Waals surface area contributed by atoms with Crippen LogP contribution in [-0.4, -0.2) is 46.2 Å². The summed E-state index contributed by atoms with van der Waals surface area (Å²) in [6.45, 7) is 20.6. The van der Waals surface area contributed by atoms with Crippen molar-refractivity contribution in [1.29, 1.82) is 0 Å². The standard InChI is InChI=1S/C23H44N4O/c1-16(24-17-12-20(2,3)26-21(4,5)13-17)10-11-19(28)25-18-14-22(6,7)27-23(8,9)15-18/h10-11,16-18,24,26-27H,12-15H2,1-9H3,(H,25,28)/p+3/b11-10+/t16-/m0/s1. The normalized spacial score (nSPS) is 28.2. The molecule has 2 aliphatic heterocycles. The lowest BCUT2D eigenvalue weighted by Crippen LogP contribution is -3.10.